The first-order valence-electron chi connectivity index (χ1n) is 20.0. The fraction of sp³-hybridized carbons (Fsp3) is 0. The fourth-order valence-electron chi connectivity index (χ4n) is 9.53. The summed E-state index contributed by atoms with van der Waals surface area (Å²) in [5, 5.41) is 10.2. The number of para-hydroxylation sites is 4. The van der Waals surface area contributed by atoms with Crippen molar-refractivity contribution in [2.45, 2.75) is 0 Å². The third kappa shape index (κ3) is 4.67. The molecule has 0 aliphatic heterocycles. The number of benzene rings is 9. The molecule has 0 bridgehead atoms. The predicted molar refractivity (Wildman–Crippen MR) is 244 cm³/mol. The number of fused-ring (bicyclic) bond motifs is 12. The molecule has 0 saturated carbocycles. The molecule has 13 rings (SSSR count). The van der Waals surface area contributed by atoms with Gasteiger partial charge in [0, 0.05) is 49.0 Å². The summed E-state index contributed by atoms with van der Waals surface area (Å²) in [6, 6.07) is 68.9. The van der Waals surface area contributed by atoms with E-state index in [-0.39, 0.29) is 0 Å². The van der Waals surface area contributed by atoms with E-state index in [0.717, 1.165) is 82.4 Å². The van der Waals surface area contributed by atoms with Gasteiger partial charge in [0.05, 0.1) is 33.3 Å². The van der Waals surface area contributed by atoms with Crippen molar-refractivity contribution in [3.05, 3.63) is 194 Å². The molecule has 0 unspecified atom stereocenters. The van der Waals surface area contributed by atoms with E-state index in [1.54, 1.807) is 0 Å². The fourth-order valence-corrected chi connectivity index (χ4v) is 9.53. The highest BCUT2D eigenvalue weighted by atomic mass is 16.3. The van der Waals surface area contributed by atoms with Crippen molar-refractivity contribution in [2.75, 3.05) is 0 Å². The average molecular weight is 753 g/mol. The van der Waals surface area contributed by atoms with Gasteiger partial charge in [-0.1, -0.05) is 140 Å². The first-order chi connectivity index (χ1) is 29.3. The maximum Gasteiger partial charge on any atom is 0.235 e. The smallest absolute Gasteiger partial charge is 0.235 e. The van der Waals surface area contributed by atoms with Crippen LogP contribution in [-0.4, -0.2) is 19.1 Å². The normalized spacial score (nSPS) is 12.1. The van der Waals surface area contributed by atoms with E-state index in [9.17, 15) is 0 Å². The van der Waals surface area contributed by atoms with E-state index < -0.39 is 0 Å². The van der Waals surface area contributed by atoms with Gasteiger partial charge in [0.15, 0.2) is 0 Å². The van der Waals surface area contributed by atoms with Crippen molar-refractivity contribution in [3.63, 3.8) is 0 Å². The van der Waals surface area contributed by atoms with Crippen molar-refractivity contribution in [1.82, 2.24) is 19.1 Å². The Morgan fingerprint density at radius 3 is 1.81 bits per heavy atom. The molecule has 13 aromatic rings. The molecule has 0 fully saturated rings. The minimum atomic E-state index is 0.621. The van der Waals surface area contributed by atoms with Crippen LogP contribution in [0.15, 0.2) is 199 Å². The van der Waals surface area contributed by atoms with Gasteiger partial charge in [-0.15, -0.1) is 0 Å². The maximum atomic E-state index is 6.53. The van der Waals surface area contributed by atoms with Gasteiger partial charge in [-0.05, 0) is 76.5 Å². The third-order valence-electron chi connectivity index (χ3n) is 12.1. The number of nitrogens with zero attached hydrogens (tertiary/aromatic N) is 4. The molecular weight excluding hydrogens is 721 g/mol. The number of hydrogen-bond acceptors (Lipinski definition) is 3. The van der Waals surface area contributed by atoms with E-state index in [4.69, 9.17) is 14.4 Å². The van der Waals surface area contributed by atoms with Gasteiger partial charge in [0.2, 0.25) is 5.95 Å². The van der Waals surface area contributed by atoms with Gasteiger partial charge < -0.3 is 8.98 Å². The molecule has 0 aliphatic rings. The van der Waals surface area contributed by atoms with Crippen LogP contribution in [-0.2, 0) is 0 Å². The molecule has 0 atom stereocenters. The van der Waals surface area contributed by atoms with Crippen molar-refractivity contribution in [1.29, 1.82) is 0 Å². The lowest BCUT2D eigenvalue weighted by Gasteiger charge is -2.14. The Morgan fingerprint density at radius 2 is 0.983 bits per heavy atom. The first kappa shape index (κ1) is 32.1. The van der Waals surface area contributed by atoms with Crippen LogP contribution >= 0.6 is 0 Å². The molecule has 0 spiro atoms. The van der Waals surface area contributed by atoms with Crippen LogP contribution in [0, 0.1) is 0 Å². The summed E-state index contributed by atoms with van der Waals surface area (Å²) in [4.78, 5) is 10.8. The summed E-state index contributed by atoms with van der Waals surface area (Å²) in [6.07, 6.45) is 0. The largest absolute Gasteiger partial charge is 0.456 e. The number of rotatable bonds is 4. The van der Waals surface area contributed by atoms with Crippen molar-refractivity contribution in [3.8, 4) is 34.0 Å². The van der Waals surface area contributed by atoms with Crippen LogP contribution in [0.1, 0.15) is 0 Å². The number of aromatic nitrogens is 4. The molecule has 4 aromatic heterocycles. The predicted octanol–water partition coefficient (Wildman–Crippen LogP) is 14.2. The van der Waals surface area contributed by atoms with Gasteiger partial charge in [0.25, 0.3) is 0 Å². The molecule has 0 radical (unpaired) electrons. The van der Waals surface area contributed by atoms with E-state index in [1.165, 1.54) is 32.9 Å². The second-order valence-electron chi connectivity index (χ2n) is 15.3. The van der Waals surface area contributed by atoms with Crippen LogP contribution in [0.4, 0.5) is 0 Å². The van der Waals surface area contributed by atoms with Crippen LogP contribution in [0.5, 0.6) is 0 Å². The van der Waals surface area contributed by atoms with Gasteiger partial charge in [-0.3, -0.25) is 4.57 Å². The highest BCUT2D eigenvalue weighted by Crippen LogP contribution is 2.42. The minimum Gasteiger partial charge on any atom is -0.456 e. The summed E-state index contributed by atoms with van der Waals surface area (Å²) in [7, 11) is 0. The molecule has 9 aromatic carbocycles. The van der Waals surface area contributed by atoms with E-state index in [0.29, 0.717) is 5.95 Å². The third-order valence-corrected chi connectivity index (χ3v) is 12.1. The lowest BCUT2D eigenvalue weighted by molar-refractivity contribution is 0.669. The molecule has 274 valence electrons. The zero-order chi connectivity index (χ0) is 38.6. The van der Waals surface area contributed by atoms with E-state index in [1.807, 2.05) is 12.1 Å². The second-order valence-corrected chi connectivity index (χ2v) is 15.3. The molecule has 5 heteroatoms. The van der Waals surface area contributed by atoms with Gasteiger partial charge in [0.1, 0.15) is 11.2 Å². The number of furan rings is 1. The standard InChI is InChI=1S/C54H32N4O/c1-2-14-33(15-3-1)34-26-28-39-37-17-7-11-23-46(37)57(49(39)30-34)35-27-29-48-43(31-35)38-18-8-12-24-47(38)58(48)54-55-45-22-10-6-20-41(45)53(56-54)44-32-51-52(40-19-5-4-16-36(40)44)42-21-9-13-25-50(42)59-51/h1-32H. The Bertz CT molecular complexity index is 3850. The Kier molecular flexibility index (Phi) is 6.66. The summed E-state index contributed by atoms with van der Waals surface area (Å²) >= 11 is 0. The van der Waals surface area contributed by atoms with E-state index >= 15 is 0 Å². The zero-order valence-electron chi connectivity index (χ0n) is 31.7. The van der Waals surface area contributed by atoms with Crippen molar-refractivity contribution < 1.29 is 4.42 Å². The lowest BCUT2D eigenvalue weighted by atomic mass is 9.96. The highest BCUT2D eigenvalue weighted by Gasteiger charge is 2.22. The summed E-state index contributed by atoms with van der Waals surface area (Å²) in [5.41, 5.74) is 12.4. The molecule has 59 heavy (non-hydrogen) atoms. The lowest BCUT2D eigenvalue weighted by Crippen LogP contribution is -2.04. The SMILES string of the molecule is c1ccc(-c2ccc3c4ccccc4n(-c4ccc5c(c4)c4ccccc4n5-c4nc(-c5cc6oc7ccccc7c6c6ccccc56)c5ccccc5n4)c3c2)cc1. The maximum absolute atomic E-state index is 6.53. The van der Waals surface area contributed by atoms with Crippen LogP contribution in [0.2, 0.25) is 0 Å². The van der Waals surface area contributed by atoms with Gasteiger partial charge in [-0.25, -0.2) is 9.97 Å². The van der Waals surface area contributed by atoms with Crippen LogP contribution in [0.25, 0.3) is 121 Å². The molecule has 4 heterocycles. The highest BCUT2D eigenvalue weighted by molar-refractivity contribution is 6.23. The van der Waals surface area contributed by atoms with Gasteiger partial charge in [-0.2, -0.15) is 0 Å². The minimum absolute atomic E-state index is 0.621. The van der Waals surface area contributed by atoms with Crippen LogP contribution < -0.4 is 0 Å². The molecule has 0 amide bonds. The molecule has 5 nitrogen and oxygen atoms in total. The molecule has 0 N–H and O–H groups in total. The first-order valence-corrected chi connectivity index (χ1v) is 20.0. The quantitative estimate of drug-likeness (QED) is 0.180. The van der Waals surface area contributed by atoms with E-state index in [2.05, 4.69) is 191 Å². The second kappa shape index (κ2) is 12.2. The molecule has 0 aliphatic carbocycles. The Morgan fingerprint density at radius 1 is 0.356 bits per heavy atom. The Hall–Kier alpha value is -8.02. The van der Waals surface area contributed by atoms with Crippen molar-refractivity contribution >= 4 is 87.2 Å². The molecule has 0 saturated heterocycles. The van der Waals surface area contributed by atoms with Gasteiger partial charge >= 0.3 is 0 Å². The summed E-state index contributed by atoms with van der Waals surface area (Å²) in [5.74, 6) is 0.621. The molecular formula is C54H32N4O. The van der Waals surface area contributed by atoms with Crippen molar-refractivity contribution in [2.24, 2.45) is 0 Å². The van der Waals surface area contributed by atoms with Crippen LogP contribution in [0.3, 0.4) is 0 Å². The monoisotopic (exact) mass is 752 g/mol. The zero-order valence-corrected chi connectivity index (χ0v) is 31.7. The topological polar surface area (TPSA) is 48.8 Å². The Labute approximate surface area is 337 Å². The summed E-state index contributed by atoms with van der Waals surface area (Å²) in [6.45, 7) is 0. The summed E-state index contributed by atoms with van der Waals surface area (Å²) < 4.78 is 11.2. The number of hydrogen-bond donors (Lipinski definition) is 0. The average Bonchev–Trinajstić information content (AvgIpc) is 3.96. The Balaban J connectivity index is 1.06.